The summed E-state index contributed by atoms with van der Waals surface area (Å²) in [7, 11) is 1.89. The number of nitrogens with zero attached hydrogens (tertiary/aromatic N) is 3. The second-order valence-electron chi connectivity index (χ2n) is 5.25. The number of aliphatic hydroxyl groups excluding tert-OH is 1. The van der Waals surface area contributed by atoms with Gasteiger partial charge in [0.1, 0.15) is 11.6 Å². The molecule has 0 bridgehead atoms. The highest BCUT2D eigenvalue weighted by Gasteiger charge is 2.32. The maximum atomic E-state index is 11.5. The molecule has 0 aromatic carbocycles. The molecule has 2 rings (SSSR count). The largest absolute Gasteiger partial charge is 0.391 e. The Kier molecular flexibility index (Phi) is 4.19. The van der Waals surface area contributed by atoms with Crippen LogP contribution in [0.5, 0.6) is 0 Å². The van der Waals surface area contributed by atoms with Crippen molar-refractivity contribution in [2.75, 3.05) is 0 Å². The Morgan fingerprint density at radius 2 is 2.26 bits per heavy atom. The number of aromatic nitrogens is 3. The van der Waals surface area contributed by atoms with Crippen LogP contribution in [0.15, 0.2) is 0 Å². The van der Waals surface area contributed by atoms with E-state index in [0.29, 0.717) is 12.8 Å². The molecule has 0 saturated heterocycles. The summed E-state index contributed by atoms with van der Waals surface area (Å²) in [5.74, 6) is 1.94. The summed E-state index contributed by atoms with van der Waals surface area (Å²) in [5, 5.41) is 17.2. The molecule has 0 spiro atoms. The number of amides is 1. The van der Waals surface area contributed by atoms with Crippen molar-refractivity contribution < 1.29 is 9.90 Å². The van der Waals surface area contributed by atoms with E-state index in [-0.39, 0.29) is 17.9 Å². The maximum Gasteiger partial charge on any atom is 0.220 e. The fourth-order valence-corrected chi connectivity index (χ4v) is 2.74. The molecular formula is C13H22N4O2. The third kappa shape index (κ3) is 3.12. The van der Waals surface area contributed by atoms with Gasteiger partial charge in [-0.15, -0.1) is 0 Å². The molecule has 1 fully saturated rings. The Balaban J connectivity index is 2.08. The summed E-state index contributed by atoms with van der Waals surface area (Å²) < 4.78 is 1.80. The zero-order valence-electron chi connectivity index (χ0n) is 11.8. The van der Waals surface area contributed by atoms with E-state index in [1.54, 1.807) is 4.68 Å². The highest BCUT2D eigenvalue weighted by atomic mass is 16.3. The lowest BCUT2D eigenvalue weighted by molar-refractivity contribution is -0.122. The molecule has 0 aliphatic heterocycles. The Hall–Kier alpha value is -1.43. The van der Waals surface area contributed by atoms with E-state index in [1.165, 1.54) is 0 Å². The van der Waals surface area contributed by atoms with Gasteiger partial charge in [-0.05, 0) is 26.2 Å². The van der Waals surface area contributed by atoms with E-state index in [9.17, 15) is 9.90 Å². The van der Waals surface area contributed by atoms with E-state index in [4.69, 9.17) is 0 Å². The van der Waals surface area contributed by atoms with Crippen molar-refractivity contribution in [2.45, 2.75) is 57.6 Å². The first-order valence-electron chi connectivity index (χ1n) is 6.86. The van der Waals surface area contributed by atoms with Gasteiger partial charge in [-0.25, -0.2) is 4.98 Å². The molecular weight excluding hydrogens is 244 g/mol. The van der Waals surface area contributed by atoms with Crippen molar-refractivity contribution in [1.82, 2.24) is 20.1 Å². The third-order valence-electron chi connectivity index (χ3n) is 3.75. The lowest BCUT2D eigenvalue weighted by Gasteiger charge is -2.33. The molecule has 1 saturated carbocycles. The molecule has 0 unspecified atom stereocenters. The Morgan fingerprint density at radius 1 is 1.53 bits per heavy atom. The Bertz CT molecular complexity index is 457. The average molecular weight is 266 g/mol. The predicted octanol–water partition coefficient (Wildman–Crippen LogP) is 0.647. The van der Waals surface area contributed by atoms with Gasteiger partial charge in [0.2, 0.25) is 5.91 Å². The highest BCUT2D eigenvalue weighted by molar-refractivity contribution is 5.75. The molecule has 19 heavy (non-hydrogen) atoms. The van der Waals surface area contributed by atoms with Crippen LogP contribution in [0, 0.1) is 6.92 Å². The van der Waals surface area contributed by atoms with Gasteiger partial charge in [-0.3, -0.25) is 9.48 Å². The minimum absolute atomic E-state index is 0.0150. The summed E-state index contributed by atoms with van der Waals surface area (Å²) in [6.07, 6.45) is 2.27. The Labute approximate surface area is 113 Å². The molecule has 106 valence electrons. The van der Waals surface area contributed by atoms with Crippen molar-refractivity contribution in [1.29, 1.82) is 0 Å². The summed E-state index contributed by atoms with van der Waals surface area (Å²) in [6, 6.07) is -0.178. The quantitative estimate of drug-likeness (QED) is 0.841. The molecule has 1 amide bonds. The van der Waals surface area contributed by atoms with Crippen molar-refractivity contribution in [3.05, 3.63) is 11.6 Å². The number of hydrogen-bond donors (Lipinski definition) is 2. The molecule has 2 N–H and O–H groups in total. The molecule has 6 heteroatoms. The minimum atomic E-state index is -0.457. The number of nitrogens with one attached hydrogen (secondary N) is 1. The van der Waals surface area contributed by atoms with Crippen LogP contribution in [0.4, 0.5) is 0 Å². The summed E-state index contributed by atoms with van der Waals surface area (Å²) in [4.78, 5) is 15.9. The van der Waals surface area contributed by atoms with Crippen molar-refractivity contribution in [3.8, 4) is 0 Å². The van der Waals surface area contributed by atoms with Crippen molar-refractivity contribution in [2.24, 2.45) is 7.05 Å². The zero-order valence-corrected chi connectivity index (χ0v) is 11.8. The fraction of sp³-hybridized carbons (Fsp3) is 0.769. The van der Waals surface area contributed by atoms with E-state index >= 15 is 0 Å². The number of carbonyl (C=O) groups excluding carboxylic acids is 1. The molecule has 1 aliphatic rings. The van der Waals surface area contributed by atoms with E-state index in [2.05, 4.69) is 15.4 Å². The van der Waals surface area contributed by atoms with Crippen LogP contribution < -0.4 is 5.32 Å². The molecule has 1 aromatic rings. The van der Waals surface area contributed by atoms with Gasteiger partial charge in [0.15, 0.2) is 0 Å². The number of hydrogen-bond acceptors (Lipinski definition) is 4. The standard InChI is InChI=1S/C13H22N4O2/c1-4-12(19)15-10-7-9(5-6-11(10)18)13-14-8(2)16-17(13)3/h9-11,18H,4-7H2,1-3H3,(H,15,19)/t9-,10+,11+/m0/s1. The van der Waals surface area contributed by atoms with Gasteiger partial charge >= 0.3 is 0 Å². The molecule has 1 aromatic heterocycles. The van der Waals surface area contributed by atoms with Crippen LogP contribution in [-0.4, -0.2) is 37.9 Å². The van der Waals surface area contributed by atoms with Gasteiger partial charge in [0, 0.05) is 19.4 Å². The van der Waals surface area contributed by atoms with Crippen LogP contribution in [0.25, 0.3) is 0 Å². The predicted molar refractivity (Wildman–Crippen MR) is 70.6 cm³/mol. The SMILES string of the molecule is CCC(=O)N[C@@H]1C[C@@H](c2nc(C)nn2C)CC[C@H]1O. The lowest BCUT2D eigenvalue weighted by atomic mass is 9.83. The summed E-state index contributed by atoms with van der Waals surface area (Å²) in [5.41, 5.74) is 0. The second kappa shape index (κ2) is 5.69. The number of aryl methyl sites for hydroxylation is 2. The van der Waals surface area contributed by atoms with E-state index < -0.39 is 6.10 Å². The topological polar surface area (TPSA) is 80.0 Å². The van der Waals surface area contributed by atoms with Crippen molar-refractivity contribution >= 4 is 5.91 Å². The third-order valence-corrected chi connectivity index (χ3v) is 3.75. The molecule has 6 nitrogen and oxygen atoms in total. The first-order chi connectivity index (χ1) is 9.01. The number of aliphatic hydroxyl groups is 1. The average Bonchev–Trinajstić information content (AvgIpc) is 2.71. The lowest BCUT2D eigenvalue weighted by Crippen LogP contribution is -2.46. The van der Waals surface area contributed by atoms with Crippen molar-refractivity contribution in [3.63, 3.8) is 0 Å². The summed E-state index contributed by atoms with van der Waals surface area (Å²) in [6.45, 7) is 3.69. The fourth-order valence-electron chi connectivity index (χ4n) is 2.74. The van der Waals surface area contributed by atoms with E-state index in [1.807, 2.05) is 20.9 Å². The van der Waals surface area contributed by atoms with Gasteiger partial charge in [0.05, 0.1) is 12.1 Å². The van der Waals surface area contributed by atoms with Crippen LogP contribution in [-0.2, 0) is 11.8 Å². The minimum Gasteiger partial charge on any atom is -0.391 e. The first-order valence-corrected chi connectivity index (χ1v) is 6.86. The zero-order chi connectivity index (χ0) is 14.0. The molecule has 3 atom stereocenters. The van der Waals surface area contributed by atoms with Crippen LogP contribution in [0.2, 0.25) is 0 Å². The molecule has 1 aliphatic carbocycles. The normalized spacial score (nSPS) is 27.3. The van der Waals surface area contributed by atoms with Gasteiger partial charge in [-0.2, -0.15) is 5.10 Å². The smallest absolute Gasteiger partial charge is 0.220 e. The van der Waals surface area contributed by atoms with Gasteiger partial charge in [0.25, 0.3) is 0 Å². The van der Waals surface area contributed by atoms with Crippen LogP contribution in [0.3, 0.4) is 0 Å². The maximum absolute atomic E-state index is 11.5. The summed E-state index contributed by atoms with van der Waals surface area (Å²) >= 11 is 0. The molecule has 0 radical (unpaired) electrons. The van der Waals surface area contributed by atoms with E-state index in [0.717, 1.165) is 24.5 Å². The number of rotatable bonds is 3. The van der Waals surface area contributed by atoms with Gasteiger partial charge < -0.3 is 10.4 Å². The first kappa shape index (κ1) is 14.0. The van der Waals surface area contributed by atoms with Gasteiger partial charge in [-0.1, -0.05) is 6.92 Å². The van der Waals surface area contributed by atoms with Crippen LogP contribution >= 0.6 is 0 Å². The monoisotopic (exact) mass is 266 g/mol. The Morgan fingerprint density at radius 3 is 2.84 bits per heavy atom. The number of carbonyl (C=O) groups is 1. The highest BCUT2D eigenvalue weighted by Crippen LogP contribution is 2.32. The van der Waals surface area contributed by atoms with Crippen LogP contribution in [0.1, 0.15) is 50.2 Å². The second-order valence-corrected chi connectivity index (χ2v) is 5.25. The molecule has 1 heterocycles.